The number of carbonyl (C=O) groups is 3. The second-order valence-corrected chi connectivity index (χ2v) is 16.6. The summed E-state index contributed by atoms with van der Waals surface area (Å²) in [5, 5.41) is 22.1. The number of nitrogens with one attached hydrogen (secondary N) is 1. The molecule has 0 spiro atoms. The lowest BCUT2D eigenvalue weighted by atomic mass is 9.73. The second kappa shape index (κ2) is 18.3. The highest BCUT2D eigenvalue weighted by molar-refractivity contribution is 6.44. The number of carbonyl (C=O) groups excluding carboxylic acids is 3. The van der Waals surface area contributed by atoms with Gasteiger partial charge < -0.3 is 15.3 Å². The lowest BCUT2D eigenvalue weighted by Crippen LogP contribution is -2.46. The van der Waals surface area contributed by atoms with Crippen molar-refractivity contribution in [3.63, 3.8) is 0 Å². The molecule has 1 aromatic carbocycles. The number of Topliss-reactive ketones (excluding diaryl/α,β-unsaturated/α-hetero) is 1. The standard InChI is InChI=1S/C45H66N4O4/c1-5-9-20-31(6-2)44(52)46-37-29-34(48(7-3)8-4)26-27-35(37)38-42(50)40(43(38)51)39-36(28-25-30-18-16-17-19-30)47-49(45(39)53)41(32-21-12-10-13-22-32)33-23-14-11-15-24-33/h26-27,29-33,41,50H,5-25,28H2,1-4H3,(H,46,52). The Morgan fingerprint density at radius 3 is 2.06 bits per heavy atom. The van der Waals surface area contributed by atoms with Crippen molar-refractivity contribution in [2.24, 2.45) is 28.8 Å². The Morgan fingerprint density at radius 2 is 1.49 bits per heavy atom. The van der Waals surface area contributed by atoms with Gasteiger partial charge in [0.2, 0.25) is 11.7 Å². The van der Waals surface area contributed by atoms with Gasteiger partial charge in [0.25, 0.3) is 5.91 Å². The number of hydrogen-bond donors (Lipinski definition) is 2. The first kappa shape index (κ1) is 39.3. The molecule has 8 heteroatoms. The van der Waals surface area contributed by atoms with Crippen LogP contribution < -0.4 is 10.2 Å². The Kier molecular flexibility index (Phi) is 13.5. The SMILES string of the molecule is CCCCC(CC)C(=O)Nc1cc(N(CC)CC)ccc1C1=C(O)C(=C2C(=O)N(C(C3CCCCC3)C3CCCCC3)N=C2CCC2CCCC2)C1=O. The van der Waals surface area contributed by atoms with Crippen molar-refractivity contribution in [2.45, 2.75) is 162 Å². The predicted octanol–water partition coefficient (Wildman–Crippen LogP) is 10.5. The molecule has 8 nitrogen and oxygen atoms in total. The van der Waals surface area contributed by atoms with Crippen molar-refractivity contribution in [3.8, 4) is 0 Å². The van der Waals surface area contributed by atoms with E-state index in [9.17, 15) is 19.5 Å². The summed E-state index contributed by atoms with van der Waals surface area (Å²) in [6.45, 7) is 9.95. The third kappa shape index (κ3) is 8.47. The smallest absolute Gasteiger partial charge is 0.277 e. The van der Waals surface area contributed by atoms with Crippen molar-refractivity contribution in [2.75, 3.05) is 23.3 Å². The number of amides is 2. The van der Waals surface area contributed by atoms with E-state index in [0.717, 1.165) is 76.6 Å². The summed E-state index contributed by atoms with van der Waals surface area (Å²) < 4.78 is 0. The van der Waals surface area contributed by atoms with Crippen LogP contribution >= 0.6 is 0 Å². The monoisotopic (exact) mass is 727 g/mol. The van der Waals surface area contributed by atoms with E-state index < -0.39 is 0 Å². The molecule has 5 aliphatic rings. The molecule has 0 aromatic heterocycles. The van der Waals surface area contributed by atoms with Crippen LogP contribution in [0.5, 0.6) is 0 Å². The van der Waals surface area contributed by atoms with Gasteiger partial charge in [0, 0.05) is 30.3 Å². The van der Waals surface area contributed by atoms with Gasteiger partial charge >= 0.3 is 0 Å². The maximum absolute atomic E-state index is 14.8. The fourth-order valence-electron chi connectivity index (χ4n) is 10.2. The van der Waals surface area contributed by atoms with Crippen LogP contribution in [0.4, 0.5) is 11.4 Å². The molecule has 1 unspecified atom stereocenters. The van der Waals surface area contributed by atoms with E-state index >= 15 is 0 Å². The van der Waals surface area contributed by atoms with Gasteiger partial charge in [-0.15, -0.1) is 0 Å². The average Bonchev–Trinajstić information content (AvgIpc) is 3.81. The summed E-state index contributed by atoms with van der Waals surface area (Å²) >= 11 is 0. The molecule has 0 saturated heterocycles. The Bertz CT molecular complexity index is 1550. The molecule has 1 atom stereocenters. The van der Waals surface area contributed by atoms with E-state index in [4.69, 9.17) is 5.10 Å². The van der Waals surface area contributed by atoms with Crippen molar-refractivity contribution in [1.29, 1.82) is 0 Å². The first-order valence-electron chi connectivity index (χ1n) is 21.6. The number of hydrogen-bond acceptors (Lipinski definition) is 6. The van der Waals surface area contributed by atoms with Crippen LogP contribution in [0.2, 0.25) is 0 Å². The number of ketones is 1. The van der Waals surface area contributed by atoms with E-state index in [-0.39, 0.29) is 46.5 Å². The van der Waals surface area contributed by atoms with E-state index in [2.05, 4.69) is 31.0 Å². The van der Waals surface area contributed by atoms with Crippen LogP contribution in [0.1, 0.15) is 162 Å². The van der Waals surface area contributed by atoms with Crippen molar-refractivity contribution >= 4 is 40.3 Å². The first-order chi connectivity index (χ1) is 25.8. The minimum atomic E-state index is -0.336. The van der Waals surface area contributed by atoms with Gasteiger partial charge in [0.15, 0.2) is 0 Å². The van der Waals surface area contributed by atoms with Crippen LogP contribution in [0.25, 0.3) is 5.57 Å². The van der Waals surface area contributed by atoms with Crippen LogP contribution in [0.15, 0.2) is 40.2 Å². The number of anilines is 2. The quantitative estimate of drug-likeness (QED) is 0.165. The fourth-order valence-corrected chi connectivity index (χ4v) is 10.2. The number of aliphatic hydroxyl groups is 1. The molecule has 290 valence electrons. The van der Waals surface area contributed by atoms with Gasteiger partial charge in [-0.25, -0.2) is 5.01 Å². The molecule has 53 heavy (non-hydrogen) atoms. The molecular weight excluding hydrogens is 661 g/mol. The van der Waals surface area contributed by atoms with Crippen molar-refractivity contribution < 1.29 is 19.5 Å². The highest BCUT2D eigenvalue weighted by atomic mass is 16.3. The fraction of sp³-hybridized carbons (Fsp3) is 0.689. The molecule has 3 saturated carbocycles. The Hall–Kier alpha value is -3.42. The number of aliphatic hydroxyl groups excluding tert-OH is 1. The Labute approximate surface area is 318 Å². The summed E-state index contributed by atoms with van der Waals surface area (Å²) in [6, 6.07) is 5.78. The zero-order valence-electron chi connectivity index (χ0n) is 33.2. The second-order valence-electron chi connectivity index (χ2n) is 16.6. The normalized spacial score (nSPS) is 22.5. The topological polar surface area (TPSA) is 102 Å². The van der Waals surface area contributed by atoms with Crippen molar-refractivity contribution in [3.05, 3.63) is 40.7 Å². The number of rotatable bonds is 16. The zero-order chi connectivity index (χ0) is 37.5. The van der Waals surface area contributed by atoms with Crippen LogP contribution in [0.3, 0.4) is 0 Å². The molecule has 2 N–H and O–H groups in total. The Morgan fingerprint density at radius 1 is 0.868 bits per heavy atom. The molecule has 1 aromatic rings. The number of hydrazone groups is 1. The van der Waals surface area contributed by atoms with Gasteiger partial charge in [-0.2, -0.15) is 5.10 Å². The summed E-state index contributed by atoms with van der Waals surface area (Å²) in [5.41, 5.74) is 3.26. The lowest BCUT2D eigenvalue weighted by Gasteiger charge is -2.41. The molecule has 4 aliphatic carbocycles. The number of allylic oxidation sites excluding steroid dienone is 2. The molecule has 0 radical (unpaired) electrons. The minimum absolute atomic E-state index is 0.0390. The molecular formula is C45H66N4O4. The number of unbranched alkanes of at least 4 members (excludes halogenated alkanes) is 1. The molecule has 0 bridgehead atoms. The molecule has 2 amide bonds. The van der Waals surface area contributed by atoms with Gasteiger partial charge in [-0.3, -0.25) is 14.4 Å². The number of benzene rings is 1. The van der Waals surface area contributed by atoms with E-state index in [1.807, 2.05) is 30.1 Å². The van der Waals surface area contributed by atoms with E-state index in [1.165, 1.54) is 64.2 Å². The van der Waals surface area contributed by atoms with Gasteiger partial charge in [-0.1, -0.05) is 90.9 Å². The summed E-state index contributed by atoms with van der Waals surface area (Å²) in [5.74, 6) is 0.545. The first-order valence-corrected chi connectivity index (χ1v) is 21.6. The van der Waals surface area contributed by atoms with Gasteiger partial charge in [-0.05, 0) is 101 Å². The third-order valence-corrected chi connectivity index (χ3v) is 13.4. The maximum Gasteiger partial charge on any atom is 0.277 e. The lowest BCUT2D eigenvalue weighted by molar-refractivity contribution is -0.131. The van der Waals surface area contributed by atoms with Gasteiger partial charge in [0.05, 0.1) is 34.2 Å². The third-order valence-electron chi connectivity index (χ3n) is 13.4. The molecule has 6 rings (SSSR count). The summed E-state index contributed by atoms with van der Waals surface area (Å²) in [6.07, 6.45) is 21.7. The Balaban J connectivity index is 1.39. The largest absolute Gasteiger partial charge is 0.506 e. The predicted molar refractivity (Wildman–Crippen MR) is 216 cm³/mol. The summed E-state index contributed by atoms with van der Waals surface area (Å²) in [4.78, 5) is 45.1. The van der Waals surface area contributed by atoms with Crippen LogP contribution in [-0.2, 0) is 14.4 Å². The number of nitrogens with zero attached hydrogens (tertiary/aromatic N) is 3. The zero-order valence-corrected chi connectivity index (χ0v) is 33.2. The highest BCUT2D eigenvalue weighted by Crippen LogP contribution is 2.46. The van der Waals surface area contributed by atoms with Crippen molar-refractivity contribution in [1.82, 2.24) is 5.01 Å². The van der Waals surface area contributed by atoms with Crippen LogP contribution in [0, 0.1) is 23.7 Å². The molecule has 1 heterocycles. The van der Waals surface area contributed by atoms with Gasteiger partial charge in [0.1, 0.15) is 5.76 Å². The van der Waals surface area contributed by atoms with E-state index in [0.29, 0.717) is 46.7 Å². The summed E-state index contributed by atoms with van der Waals surface area (Å²) in [7, 11) is 0. The molecule has 3 fully saturated rings. The average molecular weight is 727 g/mol. The van der Waals surface area contributed by atoms with E-state index in [1.54, 1.807) is 0 Å². The maximum atomic E-state index is 14.8. The highest BCUT2D eigenvalue weighted by Gasteiger charge is 2.48. The molecule has 1 aliphatic heterocycles. The minimum Gasteiger partial charge on any atom is -0.506 e. The van der Waals surface area contributed by atoms with Crippen LogP contribution in [-0.4, -0.2) is 52.6 Å².